The molecule has 3 rings (SSSR count). The summed E-state index contributed by atoms with van der Waals surface area (Å²) < 4.78 is 0. The minimum Gasteiger partial charge on any atom is -0.397 e. The molecule has 2 N–H and O–H groups in total. The lowest BCUT2D eigenvalue weighted by Gasteiger charge is -2.16. The number of nitrogen functional groups attached to an aromatic ring is 1. The van der Waals surface area contributed by atoms with Gasteiger partial charge in [0, 0.05) is 5.02 Å². The van der Waals surface area contributed by atoms with E-state index in [0.29, 0.717) is 27.5 Å². The van der Waals surface area contributed by atoms with Gasteiger partial charge in [-0.25, -0.2) is 4.90 Å². The zero-order valence-corrected chi connectivity index (χ0v) is 10.5. The van der Waals surface area contributed by atoms with Crippen molar-refractivity contribution in [2.75, 3.05) is 10.6 Å². The number of hydrogen-bond acceptors (Lipinski definition) is 3. The van der Waals surface area contributed by atoms with Crippen molar-refractivity contribution in [3.05, 3.63) is 58.6 Å². The number of nitrogens with zero attached hydrogens (tertiary/aromatic N) is 1. The van der Waals surface area contributed by atoms with Crippen LogP contribution in [-0.4, -0.2) is 11.8 Å². The van der Waals surface area contributed by atoms with Gasteiger partial charge in [0.05, 0.1) is 22.5 Å². The molecular formula is C14H9ClN2O2. The van der Waals surface area contributed by atoms with Crippen LogP contribution in [0.1, 0.15) is 20.7 Å². The average Bonchev–Trinajstić information content (AvgIpc) is 2.64. The van der Waals surface area contributed by atoms with Gasteiger partial charge in [-0.05, 0) is 30.3 Å². The number of carbonyl (C=O) groups excluding carboxylic acids is 2. The third-order valence-electron chi connectivity index (χ3n) is 3.02. The molecule has 0 unspecified atom stereocenters. The molecule has 94 valence electrons. The van der Waals surface area contributed by atoms with E-state index in [0.717, 1.165) is 4.90 Å². The molecule has 2 amide bonds. The molecule has 2 aromatic rings. The Labute approximate surface area is 114 Å². The van der Waals surface area contributed by atoms with E-state index in [4.69, 9.17) is 17.3 Å². The Kier molecular flexibility index (Phi) is 2.54. The summed E-state index contributed by atoms with van der Waals surface area (Å²) in [5.74, 6) is -0.732. The molecular weight excluding hydrogens is 264 g/mol. The highest BCUT2D eigenvalue weighted by atomic mass is 35.5. The van der Waals surface area contributed by atoms with Crippen LogP contribution < -0.4 is 10.6 Å². The van der Waals surface area contributed by atoms with Crippen molar-refractivity contribution in [2.24, 2.45) is 0 Å². The van der Waals surface area contributed by atoms with E-state index < -0.39 is 0 Å². The summed E-state index contributed by atoms with van der Waals surface area (Å²) in [6.07, 6.45) is 0. The quantitative estimate of drug-likeness (QED) is 0.641. The molecule has 0 atom stereocenters. The van der Waals surface area contributed by atoms with E-state index in [9.17, 15) is 9.59 Å². The second kappa shape index (κ2) is 4.10. The molecule has 0 radical (unpaired) electrons. The fourth-order valence-electron chi connectivity index (χ4n) is 2.14. The van der Waals surface area contributed by atoms with E-state index in [1.54, 1.807) is 36.4 Å². The van der Waals surface area contributed by atoms with Crippen LogP contribution >= 0.6 is 11.6 Å². The van der Waals surface area contributed by atoms with Crippen LogP contribution in [0.25, 0.3) is 0 Å². The molecule has 19 heavy (non-hydrogen) atoms. The first kappa shape index (κ1) is 11.7. The van der Waals surface area contributed by atoms with E-state index in [1.807, 2.05) is 0 Å². The smallest absolute Gasteiger partial charge is 0.266 e. The summed E-state index contributed by atoms with van der Waals surface area (Å²) in [4.78, 5) is 25.6. The van der Waals surface area contributed by atoms with Crippen LogP contribution in [-0.2, 0) is 0 Å². The van der Waals surface area contributed by atoms with E-state index >= 15 is 0 Å². The van der Waals surface area contributed by atoms with Gasteiger partial charge in [-0.15, -0.1) is 0 Å². The summed E-state index contributed by atoms with van der Waals surface area (Å²) in [5, 5.41) is 0.456. The Hall–Kier alpha value is -2.33. The summed E-state index contributed by atoms with van der Waals surface area (Å²) in [7, 11) is 0. The second-order valence-corrected chi connectivity index (χ2v) is 4.63. The topological polar surface area (TPSA) is 63.4 Å². The molecule has 0 saturated heterocycles. The highest BCUT2D eigenvalue weighted by Crippen LogP contribution is 2.33. The normalized spacial score (nSPS) is 13.8. The molecule has 0 fully saturated rings. The minimum absolute atomic E-state index is 0.294. The number of anilines is 2. The van der Waals surface area contributed by atoms with Crippen molar-refractivity contribution < 1.29 is 9.59 Å². The van der Waals surface area contributed by atoms with Crippen molar-refractivity contribution >= 4 is 34.8 Å². The van der Waals surface area contributed by atoms with Crippen molar-refractivity contribution in [3.63, 3.8) is 0 Å². The molecule has 0 aliphatic carbocycles. The Bertz CT molecular complexity index is 677. The van der Waals surface area contributed by atoms with Crippen LogP contribution in [0, 0.1) is 0 Å². The van der Waals surface area contributed by atoms with E-state index in [2.05, 4.69) is 0 Å². The van der Waals surface area contributed by atoms with Crippen LogP contribution in [0.5, 0.6) is 0 Å². The summed E-state index contributed by atoms with van der Waals surface area (Å²) >= 11 is 5.82. The zero-order valence-electron chi connectivity index (χ0n) is 9.76. The predicted octanol–water partition coefficient (Wildman–Crippen LogP) is 2.72. The third-order valence-corrected chi connectivity index (χ3v) is 3.26. The van der Waals surface area contributed by atoms with Gasteiger partial charge in [-0.2, -0.15) is 0 Å². The van der Waals surface area contributed by atoms with Crippen molar-refractivity contribution in [1.82, 2.24) is 0 Å². The van der Waals surface area contributed by atoms with Crippen LogP contribution in [0.3, 0.4) is 0 Å². The molecule has 0 aromatic heterocycles. The number of fused-ring (bicyclic) bond motifs is 1. The summed E-state index contributed by atoms with van der Waals surface area (Å²) in [6, 6.07) is 11.4. The molecule has 0 saturated carbocycles. The molecule has 2 aromatic carbocycles. The first-order chi connectivity index (χ1) is 9.09. The number of rotatable bonds is 1. The molecule has 1 heterocycles. The maximum Gasteiger partial charge on any atom is 0.266 e. The number of amides is 2. The van der Waals surface area contributed by atoms with Gasteiger partial charge >= 0.3 is 0 Å². The SMILES string of the molecule is Nc1cc(Cl)ccc1N1C(=O)c2ccccc2C1=O. The molecule has 5 heteroatoms. The lowest BCUT2D eigenvalue weighted by molar-refractivity contribution is 0.0926. The number of nitrogens with two attached hydrogens (primary N) is 1. The number of benzene rings is 2. The van der Waals surface area contributed by atoms with Gasteiger partial charge in [-0.3, -0.25) is 9.59 Å². The summed E-state index contributed by atoms with van der Waals surface area (Å²) in [5.41, 5.74) is 7.26. The van der Waals surface area contributed by atoms with Crippen LogP contribution in [0.4, 0.5) is 11.4 Å². The second-order valence-electron chi connectivity index (χ2n) is 4.19. The van der Waals surface area contributed by atoms with Gasteiger partial charge in [-0.1, -0.05) is 23.7 Å². The maximum absolute atomic E-state index is 12.3. The van der Waals surface area contributed by atoms with Gasteiger partial charge in [0.1, 0.15) is 0 Å². The van der Waals surface area contributed by atoms with Crippen LogP contribution in [0.2, 0.25) is 5.02 Å². The monoisotopic (exact) mass is 272 g/mol. The van der Waals surface area contributed by atoms with Crippen molar-refractivity contribution in [3.8, 4) is 0 Å². The minimum atomic E-state index is -0.366. The molecule has 0 bridgehead atoms. The Morgan fingerprint density at radius 2 is 1.53 bits per heavy atom. The Morgan fingerprint density at radius 1 is 0.947 bits per heavy atom. The number of hydrogen-bond donors (Lipinski definition) is 1. The lowest BCUT2D eigenvalue weighted by atomic mass is 10.1. The standard InChI is InChI=1S/C14H9ClN2O2/c15-8-5-6-12(11(16)7-8)17-13(18)9-3-1-2-4-10(9)14(17)19/h1-7H,16H2. The van der Waals surface area contributed by atoms with E-state index in [-0.39, 0.29) is 11.8 Å². The van der Waals surface area contributed by atoms with Gasteiger partial charge in [0.2, 0.25) is 0 Å². The summed E-state index contributed by atoms with van der Waals surface area (Å²) in [6.45, 7) is 0. The highest BCUT2D eigenvalue weighted by molar-refractivity contribution is 6.35. The Morgan fingerprint density at radius 3 is 2.05 bits per heavy atom. The van der Waals surface area contributed by atoms with Crippen molar-refractivity contribution in [1.29, 1.82) is 0 Å². The molecule has 4 nitrogen and oxygen atoms in total. The molecule has 1 aliphatic rings. The maximum atomic E-state index is 12.3. The fraction of sp³-hybridized carbons (Fsp3) is 0. The fourth-order valence-corrected chi connectivity index (χ4v) is 2.32. The first-order valence-electron chi connectivity index (χ1n) is 5.62. The average molecular weight is 273 g/mol. The number of carbonyl (C=O) groups is 2. The highest BCUT2D eigenvalue weighted by Gasteiger charge is 2.37. The van der Waals surface area contributed by atoms with Gasteiger partial charge < -0.3 is 5.73 Å². The van der Waals surface area contributed by atoms with Crippen molar-refractivity contribution in [2.45, 2.75) is 0 Å². The molecule has 1 aliphatic heterocycles. The predicted molar refractivity (Wildman–Crippen MR) is 73.4 cm³/mol. The van der Waals surface area contributed by atoms with Crippen LogP contribution in [0.15, 0.2) is 42.5 Å². The van der Waals surface area contributed by atoms with Gasteiger partial charge in [0.25, 0.3) is 11.8 Å². The Balaban J connectivity index is 2.14. The number of imide groups is 1. The molecule has 0 spiro atoms. The largest absolute Gasteiger partial charge is 0.397 e. The van der Waals surface area contributed by atoms with Gasteiger partial charge in [0.15, 0.2) is 0 Å². The zero-order chi connectivity index (χ0) is 13.6. The third kappa shape index (κ3) is 1.69. The lowest BCUT2D eigenvalue weighted by Crippen LogP contribution is -2.30. The number of halogens is 1. The van der Waals surface area contributed by atoms with E-state index in [1.165, 1.54) is 6.07 Å². The first-order valence-corrected chi connectivity index (χ1v) is 6.00.